The average Bonchev–Trinajstić information content (AvgIpc) is 2.58. The van der Waals surface area contributed by atoms with Crippen molar-refractivity contribution in [3.8, 4) is 0 Å². The van der Waals surface area contributed by atoms with Gasteiger partial charge >= 0.3 is 5.97 Å². The topological polar surface area (TPSA) is 46.6 Å². The predicted molar refractivity (Wildman–Crippen MR) is 99.1 cm³/mol. The molecule has 0 aliphatic rings. The first-order valence-corrected chi connectivity index (χ1v) is 9.19. The number of carbonyl (C=O) groups is 2. The van der Waals surface area contributed by atoms with E-state index in [4.69, 9.17) is 4.74 Å². The molecule has 7 heteroatoms. The number of carbonyl (C=O) groups excluding carboxylic acids is 2. The summed E-state index contributed by atoms with van der Waals surface area (Å²) in [6, 6.07) is 11.4. The summed E-state index contributed by atoms with van der Waals surface area (Å²) >= 11 is 4.45. The molecule has 2 aromatic rings. The molecular weight excluding hydrogens is 409 g/mol. The largest absolute Gasteiger partial charge is 0.457 e. The fourth-order valence-corrected chi connectivity index (χ4v) is 3.24. The van der Waals surface area contributed by atoms with Gasteiger partial charge in [-0.05, 0) is 24.3 Å². The van der Waals surface area contributed by atoms with Crippen LogP contribution in [-0.2, 0) is 16.1 Å². The van der Waals surface area contributed by atoms with Gasteiger partial charge in [0.15, 0.2) is 0 Å². The van der Waals surface area contributed by atoms with Crippen molar-refractivity contribution in [1.29, 1.82) is 0 Å². The third kappa shape index (κ3) is 5.57. The molecule has 25 heavy (non-hydrogen) atoms. The summed E-state index contributed by atoms with van der Waals surface area (Å²) in [6.45, 7) is -0.159. The van der Waals surface area contributed by atoms with Crippen molar-refractivity contribution in [2.75, 3.05) is 19.8 Å². The Balaban J connectivity index is 2.05. The zero-order valence-electron chi connectivity index (χ0n) is 13.8. The average molecular weight is 426 g/mol. The van der Waals surface area contributed by atoms with Crippen LogP contribution in [0.25, 0.3) is 0 Å². The van der Waals surface area contributed by atoms with Crippen LogP contribution < -0.4 is 0 Å². The van der Waals surface area contributed by atoms with Crippen LogP contribution in [0.4, 0.5) is 4.39 Å². The van der Waals surface area contributed by atoms with E-state index in [0.717, 1.165) is 0 Å². The molecule has 0 saturated heterocycles. The fraction of sp³-hybridized carbons (Fsp3) is 0.222. The van der Waals surface area contributed by atoms with Crippen LogP contribution in [0.3, 0.4) is 0 Å². The van der Waals surface area contributed by atoms with Gasteiger partial charge in [0.25, 0.3) is 0 Å². The Hall–Kier alpha value is -1.86. The quantitative estimate of drug-likeness (QED) is 0.515. The highest BCUT2D eigenvalue weighted by molar-refractivity contribution is 9.10. The lowest BCUT2D eigenvalue weighted by atomic mass is 10.2. The van der Waals surface area contributed by atoms with Gasteiger partial charge in [0.05, 0.1) is 11.3 Å². The summed E-state index contributed by atoms with van der Waals surface area (Å²) in [6.07, 6.45) is 0. The Bertz CT molecular complexity index is 783. The summed E-state index contributed by atoms with van der Waals surface area (Å²) in [5, 5.41) is 0. The van der Waals surface area contributed by atoms with E-state index in [0.29, 0.717) is 20.5 Å². The molecule has 0 aromatic heterocycles. The number of amides is 1. The lowest BCUT2D eigenvalue weighted by molar-refractivity contribution is -0.125. The molecule has 0 aliphatic heterocycles. The minimum atomic E-state index is -0.553. The summed E-state index contributed by atoms with van der Waals surface area (Å²) in [7, 11) is 3.35. The molecular formula is C18H17BrFNO3S. The Morgan fingerprint density at radius 3 is 2.60 bits per heavy atom. The molecule has 0 unspecified atom stereocenters. The van der Waals surface area contributed by atoms with Gasteiger partial charge in [-0.3, -0.25) is 4.79 Å². The molecule has 0 fully saturated rings. The normalized spacial score (nSPS) is 10.4. The standard InChI is InChI=1S/C18H17BrFNO3S/c1-21(2)17(22)11-25-16-6-4-3-5-14(16)18(23)24-10-12-7-8-13(19)9-15(12)20/h3-9H,10-11H2,1-2H3. The van der Waals surface area contributed by atoms with E-state index >= 15 is 0 Å². The number of thioether (sulfide) groups is 1. The first-order valence-electron chi connectivity index (χ1n) is 7.41. The van der Waals surface area contributed by atoms with Crippen LogP contribution in [0.15, 0.2) is 51.8 Å². The SMILES string of the molecule is CN(C)C(=O)CSc1ccccc1C(=O)OCc1ccc(Br)cc1F. The highest BCUT2D eigenvalue weighted by Gasteiger charge is 2.15. The van der Waals surface area contributed by atoms with Crippen molar-refractivity contribution < 1.29 is 18.7 Å². The van der Waals surface area contributed by atoms with Gasteiger partial charge < -0.3 is 9.64 Å². The van der Waals surface area contributed by atoms with E-state index in [1.165, 1.54) is 22.7 Å². The van der Waals surface area contributed by atoms with E-state index in [2.05, 4.69) is 15.9 Å². The minimum Gasteiger partial charge on any atom is -0.457 e. The van der Waals surface area contributed by atoms with Gasteiger partial charge in [-0.25, -0.2) is 9.18 Å². The Labute approximate surface area is 158 Å². The number of halogens is 2. The van der Waals surface area contributed by atoms with Crippen LogP contribution in [0.5, 0.6) is 0 Å². The van der Waals surface area contributed by atoms with Crippen LogP contribution >= 0.6 is 27.7 Å². The second-order valence-corrected chi connectivity index (χ2v) is 7.32. The molecule has 0 N–H and O–H groups in total. The van der Waals surface area contributed by atoms with Crippen molar-refractivity contribution in [3.63, 3.8) is 0 Å². The number of hydrogen-bond acceptors (Lipinski definition) is 4. The van der Waals surface area contributed by atoms with Crippen LogP contribution in [0.1, 0.15) is 15.9 Å². The monoisotopic (exact) mass is 425 g/mol. The van der Waals surface area contributed by atoms with Gasteiger partial charge in [0.1, 0.15) is 12.4 Å². The number of ether oxygens (including phenoxy) is 1. The zero-order valence-corrected chi connectivity index (χ0v) is 16.2. The second-order valence-electron chi connectivity index (χ2n) is 5.38. The Morgan fingerprint density at radius 2 is 1.92 bits per heavy atom. The third-order valence-electron chi connectivity index (χ3n) is 3.33. The maximum Gasteiger partial charge on any atom is 0.339 e. The van der Waals surface area contributed by atoms with Crippen molar-refractivity contribution in [2.24, 2.45) is 0 Å². The van der Waals surface area contributed by atoms with Gasteiger partial charge in [-0.15, -0.1) is 11.8 Å². The lowest BCUT2D eigenvalue weighted by Gasteiger charge is -2.12. The van der Waals surface area contributed by atoms with E-state index in [1.54, 1.807) is 50.5 Å². The second kappa shape index (κ2) is 9.01. The van der Waals surface area contributed by atoms with Crippen LogP contribution in [0, 0.1) is 5.82 Å². The molecule has 0 spiro atoms. The Morgan fingerprint density at radius 1 is 1.20 bits per heavy atom. The molecule has 2 aromatic carbocycles. The highest BCUT2D eigenvalue weighted by Crippen LogP contribution is 2.24. The summed E-state index contributed by atoms with van der Waals surface area (Å²) < 4.78 is 19.6. The lowest BCUT2D eigenvalue weighted by Crippen LogP contribution is -2.23. The number of benzene rings is 2. The Kier molecular flexibility index (Phi) is 7.01. The predicted octanol–water partition coefficient (Wildman–Crippen LogP) is 4.13. The van der Waals surface area contributed by atoms with E-state index in [9.17, 15) is 14.0 Å². The molecule has 1 amide bonds. The number of rotatable bonds is 6. The highest BCUT2D eigenvalue weighted by atomic mass is 79.9. The first kappa shape index (κ1) is 19.5. The molecule has 0 heterocycles. The minimum absolute atomic E-state index is 0.0508. The van der Waals surface area contributed by atoms with Crippen molar-refractivity contribution in [3.05, 3.63) is 63.9 Å². The van der Waals surface area contributed by atoms with Gasteiger partial charge in [0, 0.05) is 29.0 Å². The van der Waals surface area contributed by atoms with E-state index < -0.39 is 11.8 Å². The molecule has 0 bridgehead atoms. The van der Waals surface area contributed by atoms with Gasteiger partial charge in [-0.2, -0.15) is 0 Å². The maximum atomic E-state index is 13.8. The van der Waals surface area contributed by atoms with Crippen molar-refractivity contribution in [1.82, 2.24) is 4.90 Å². The molecule has 0 radical (unpaired) electrons. The van der Waals surface area contributed by atoms with Crippen LogP contribution in [-0.4, -0.2) is 36.6 Å². The smallest absolute Gasteiger partial charge is 0.339 e. The molecule has 0 aliphatic carbocycles. The maximum absolute atomic E-state index is 13.8. The first-order chi connectivity index (χ1) is 11.9. The molecule has 132 valence electrons. The molecule has 2 rings (SSSR count). The van der Waals surface area contributed by atoms with Crippen LogP contribution in [0.2, 0.25) is 0 Å². The summed E-state index contributed by atoms with van der Waals surface area (Å²) in [4.78, 5) is 26.2. The van der Waals surface area contributed by atoms with Gasteiger partial charge in [0.2, 0.25) is 5.91 Å². The number of esters is 1. The molecule has 0 saturated carbocycles. The zero-order chi connectivity index (χ0) is 18.4. The van der Waals surface area contributed by atoms with E-state index in [1.807, 2.05) is 0 Å². The fourth-order valence-electron chi connectivity index (χ4n) is 1.89. The number of nitrogens with zero attached hydrogens (tertiary/aromatic N) is 1. The van der Waals surface area contributed by atoms with Crippen molar-refractivity contribution >= 4 is 39.6 Å². The third-order valence-corrected chi connectivity index (χ3v) is 4.88. The summed E-state index contributed by atoms with van der Waals surface area (Å²) in [5.74, 6) is -0.826. The van der Waals surface area contributed by atoms with Crippen molar-refractivity contribution in [2.45, 2.75) is 11.5 Å². The number of hydrogen-bond donors (Lipinski definition) is 0. The van der Waals surface area contributed by atoms with Gasteiger partial charge in [-0.1, -0.05) is 34.1 Å². The molecule has 0 atom stereocenters. The molecule has 4 nitrogen and oxygen atoms in total. The van der Waals surface area contributed by atoms with E-state index in [-0.39, 0.29) is 18.3 Å². The summed E-state index contributed by atoms with van der Waals surface area (Å²) in [5.41, 5.74) is 0.654.